The quantitative estimate of drug-likeness (QED) is 0.875. The average Bonchev–Trinajstić information content (AvgIpc) is 2.46. The van der Waals surface area contributed by atoms with Gasteiger partial charge in [0.05, 0.1) is 0 Å². The number of aromatic hydroxyl groups is 1. The summed E-state index contributed by atoms with van der Waals surface area (Å²) in [7, 11) is 1.85. The van der Waals surface area contributed by atoms with Crippen molar-refractivity contribution in [3.8, 4) is 5.75 Å². The second kappa shape index (κ2) is 6.06. The zero-order valence-electron chi connectivity index (χ0n) is 11.4. The smallest absolute Gasteiger partial charge is 0.253 e. The molecule has 0 heterocycles. The Hall–Kier alpha value is -1.55. The van der Waals surface area contributed by atoms with Crippen LogP contribution >= 0.6 is 0 Å². The van der Waals surface area contributed by atoms with E-state index in [-0.39, 0.29) is 17.7 Å². The number of hydrogen-bond acceptors (Lipinski definition) is 3. The highest BCUT2D eigenvalue weighted by Gasteiger charge is 2.30. The van der Waals surface area contributed by atoms with Crippen LogP contribution in [0.1, 0.15) is 36.0 Å². The van der Waals surface area contributed by atoms with Crippen LogP contribution in [0.3, 0.4) is 0 Å². The van der Waals surface area contributed by atoms with Crippen molar-refractivity contribution in [2.24, 2.45) is 11.7 Å². The normalized spacial score (nSPS) is 23.1. The van der Waals surface area contributed by atoms with Gasteiger partial charge in [0.1, 0.15) is 5.75 Å². The molecule has 1 aliphatic rings. The SMILES string of the molecule is CN(C(=O)c1ccc(O)cc1)C1CCCCC1CN. The minimum absolute atomic E-state index is 0.00495. The molecule has 0 aromatic heterocycles. The van der Waals surface area contributed by atoms with E-state index in [1.54, 1.807) is 24.3 Å². The summed E-state index contributed by atoms with van der Waals surface area (Å²) in [6, 6.07) is 6.65. The predicted octanol–water partition coefficient (Wildman–Crippen LogP) is 1.98. The van der Waals surface area contributed by atoms with Crippen LogP contribution in [-0.4, -0.2) is 35.5 Å². The highest BCUT2D eigenvalue weighted by atomic mass is 16.3. The van der Waals surface area contributed by atoms with Crippen LogP contribution < -0.4 is 5.73 Å². The van der Waals surface area contributed by atoms with Crippen molar-refractivity contribution in [1.82, 2.24) is 4.90 Å². The summed E-state index contributed by atoms with van der Waals surface area (Å²) in [5.41, 5.74) is 6.43. The third-order valence-electron chi connectivity index (χ3n) is 4.10. The van der Waals surface area contributed by atoms with Crippen LogP contribution in [0.5, 0.6) is 5.75 Å². The molecule has 1 fully saturated rings. The first kappa shape index (κ1) is 13.9. The van der Waals surface area contributed by atoms with Crippen LogP contribution in [-0.2, 0) is 0 Å². The first-order chi connectivity index (χ1) is 9.13. The number of phenolic OH excluding ortho intramolecular Hbond substituents is 1. The fraction of sp³-hybridized carbons (Fsp3) is 0.533. The van der Waals surface area contributed by atoms with Gasteiger partial charge in [-0.1, -0.05) is 12.8 Å². The van der Waals surface area contributed by atoms with E-state index in [4.69, 9.17) is 5.73 Å². The number of nitrogens with two attached hydrogens (primary N) is 1. The number of hydrogen-bond donors (Lipinski definition) is 2. The fourth-order valence-electron chi connectivity index (χ4n) is 2.93. The van der Waals surface area contributed by atoms with E-state index in [0.29, 0.717) is 18.0 Å². The van der Waals surface area contributed by atoms with Crippen molar-refractivity contribution < 1.29 is 9.90 Å². The van der Waals surface area contributed by atoms with Crippen molar-refractivity contribution >= 4 is 5.91 Å². The summed E-state index contributed by atoms with van der Waals surface area (Å²) in [6.45, 7) is 0.637. The van der Waals surface area contributed by atoms with Gasteiger partial charge in [-0.2, -0.15) is 0 Å². The Kier molecular flexibility index (Phi) is 4.43. The first-order valence-corrected chi connectivity index (χ1v) is 6.89. The number of carbonyl (C=O) groups excluding carboxylic acids is 1. The van der Waals surface area contributed by atoms with E-state index in [0.717, 1.165) is 19.3 Å². The maximum atomic E-state index is 12.4. The Balaban J connectivity index is 2.11. The molecule has 4 nitrogen and oxygen atoms in total. The lowest BCUT2D eigenvalue weighted by Crippen LogP contribution is -2.45. The van der Waals surface area contributed by atoms with Gasteiger partial charge in [-0.25, -0.2) is 0 Å². The Morgan fingerprint density at radius 1 is 1.32 bits per heavy atom. The average molecular weight is 262 g/mol. The van der Waals surface area contributed by atoms with Crippen LogP contribution in [0.15, 0.2) is 24.3 Å². The van der Waals surface area contributed by atoms with Gasteiger partial charge < -0.3 is 15.7 Å². The van der Waals surface area contributed by atoms with E-state index in [1.165, 1.54) is 6.42 Å². The molecule has 2 atom stereocenters. The second-order valence-corrected chi connectivity index (χ2v) is 5.31. The highest BCUT2D eigenvalue weighted by Crippen LogP contribution is 2.28. The highest BCUT2D eigenvalue weighted by molar-refractivity contribution is 5.94. The minimum atomic E-state index is 0.00495. The number of rotatable bonds is 3. The maximum Gasteiger partial charge on any atom is 0.253 e. The van der Waals surface area contributed by atoms with Crippen molar-refractivity contribution in [3.63, 3.8) is 0 Å². The maximum absolute atomic E-state index is 12.4. The van der Waals surface area contributed by atoms with Crippen LogP contribution in [0, 0.1) is 5.92 Å². The Morgan fingerprint density at radius 2 is 1.95 bits per heavy atom. The van der Waals surface area contributed by atoms with Crippen molar-refractivity contribution in [2.75, 3.05) is 13.6 Å². The van der Waals surface area contributed by atoms with Crippen molar-refractivity contribution in [3.05, 3.63) is 29.8 Å². The lowest BCUT2D eigenvalue weighted by molar-refractivity contribution is 0.0620. The van der Waals surface area contributed by atoms with Gasteiger partial charge in [-0.05, 0) is 49.6 Å². The molecule has 1 saturated carbocycles. The number of nitrogens with zero attached hydrogens (tertiary/aromatic N) is 1. The molecule has 0 aliphatic heterocycles. The molecule has 1 amide bonds. The molecule has 0 saturated heterocycles. The third kappa shape index (κ3) is 3.07. The van der Waals surface area contributed by atoms with Crippen LogP contribution in [0.4, 0.5) is 0 Å². The Labute approximate surface area is 114 Å². The molecule has 4 heteroatoms. The molecule has 2 rings (SSSR count). The minimum Gasteiger partial charge on any atom is -0.508 e. The van der Waals surface area contributed by atoms with Gasteiger partial charge in [0, 0.05) is 18.7 Å². The summed E-state index contributed by atoms with van der Waals surface area (Å²) in [4.78, 5) is 14.2. The zero-order valence-corrected chi connectivity index (χ0v) is 11.4. The van der Waals surface area contributed by atoms with E-state index in [1.807, 2.05) is 11.9 Å². The molecule has 1 aliphatic carbocycles. The Bertz CT molecular complexity index is 430. The molecule has 0 spiro atoms. The Morgan fingerprint density at radius 3 is 2.58 bits per heavy atom. The standard InChI is InChI=1S/C15H22N2O2/c1-17(14-5-3-2-4-12(14)10-16)15(19)11-6-8-13(18)9-7-11/h6-9,12,14,18H,2-5,10,16H2,1H3. The van der Waals surface area contributed by atoms with Crippen LogP contribution in [0.25, 0.3) is 0 Å². The molecule has 104 valence electrons. The molecule has 2 unspecified atom stereocenters. The number of benzene rings is 1. The predicted molar refractivity (Wildman–Crippen MR) is 75.0 cm³/mol. The summed E-state index contributed by atoms with van der Waals surface area (Å²) >= 11 is 0. The third-order valence-corrected chi connectivity index (χ3v) is 4.10. The summed E-state index contributed by atoms with van der Waals surface area (Å²) in [6.07, 6.45) is 4.50. The lowest BCUT2D eigenvalue weighted by Gasteiger charge is -2.37. The van der Waals surface area contributed by atoms with Crippen molar-refractivity contribution in [2.45, 2.75) is 31.7 Å². The molecule has 0 bridgehead atoms. The zero-order chi connectivity index (χ0) is 13.8. The molecule has 1 aromatic rings. The summed E-state index contributed by atoms with van der Waals surface area (Å²) in [5, 5.41) is 9.26. The summed E-state index contributed by atoms with van der Waals surface area (Å²) < 4.78 is 0. The fourth-order valence-corrected chi connectivity index (χ4v) is 2.93. The molecule has 1 aromatic carbocycles. The number of amides is 1. The van der Waals surface area contributed by atoms with Crippen molar-refractivity contribution in [1.29, 1.82) is 0 Å². The largest absolute Gasteiger partial charge is 0.508 e. The topological polar surface area (TPSA) is 66.6 Å². The second-order valence-electron chi connectivity index (χ2n) is 5.31. The van der Waals surface area contributed by atoms with E-state index < -0.39 is 0 Å². The van der Waals surface area contributed by atoms with Gasteiger partial charge >= 0.3 is 0 Å². The van der Waals surface area contributed by atoms with E-state index in [2.05, 4.69) is 0 Å². The van der Waals surface area contributed by atoms with Crippen LogP contribution in [0.2, 0.25) is 0 Å². The molecular formula is C15H22N2O2. The van der Waals surface area contributed by atoms with E-state index in [9.17, 15) is 9.90 Å². The molecular weight excluding hydrogens is 240 g/mol. The van der Waals surface area contributed by atoms with Gasteiger partial charge in [0.15, 0.2) is 0 Å². The number of phenols is 1. The molecule has 0 radical (unpaired) electrons. The monoisotopic (exact) mass is 262 g/mol. The van der Waals surface area contributed by atoms with Gasteiger partial charge in [0.25, 0.3) is 5.91 Å². The lowest BCUT2D eigenvalue weighted by atomic mass is 9.83. The first-order valence-electron chi connectivity index (χ1n) is 6.89. The summed E-state index contributed by atoms with van der Waals surface area (Å²) in [5.74, 6) is 0.585. The number of carbonyl (C=O) groups is 1. The van der Waals surface area contributed by atoms with Gasteiger partial charge in [-0.3, -0.25) is 4.79 Å². The molecule has 3 N–H and O–H groups in total. The van der Waals surface area contributed by atoms with E-state index >= 15 is 0 Å². The van der Waals surface area contributed by atoms with Gasteiger partial charge in [0.2, 0.25) is 0 Å². The molecule has 19 heavy (non-hydrogen) atoms. The van der Waals surface area contributed by atoms with Gasteiger partial charge in [-0.15, -0.1) is 0 Å².